The number of hydrogen-bond acceptors (Lipinski definition) is 2. The summed E-state index contributed by atoms with van der Waals surface area (Å²) in [7, 11) is 0. The first-order valence-electron chi connectivity index (χ1n) is 9.08. The van der Waals surface area contributed by atoms with Crippen molar-refractivity contribution in [1.29, 1.82) is 0 Å². The molecule has 0 bridgehead atoms. The van der Waals surface area contributed by atoms with Crippen LogP contribution in [0.4, 0.5) is 13.2 Å². The first kappa shape index (κ1) is 22.1. The minimum absolute atomic E-state index is 0. The molecule has 9 heteroatoms. The number of carbonyl (C=O) groups is 2. The maximum atomic E-state index is 14.3. The fraction of sp³-hybridized carbons (Fsp3) is 0.190. The van der Waals surface area contributed by atoms with Gasteiger partial charge in [0.15, 0.2) is 0 Å². The summed E-state index contributed by atoms with van der Waals surface area (Å²) < 4.78 is 41.4. The number of H-pyrrole nitrogens is 1. The van der Waals surface area contributed by atoms with Crippen molar-refractivity contribution in [3.8, 4) is 11.3 Å². The topological polar surface area (TPSA) is 74.0 Å². The van der Waals surface area contributed by atoms with Gasteiger partial charge in [-0.2, -0.15) is 0 Å². The van der Waals surface area contributed by atoms with E-state index >= 15 is 0 Å². The molecule has 0 unspecified atom stereocenters. The number of fused-ring (bicyclic) bond motifs is 1. The normalized spacial score (nSPS) is 15.7. The zero-order chi connectivity index (χ0) is 20.5. The smallest absolute Gasteiger partial charge is 0.218 e. The third-order valence-electron chi connectivity index (χ3n) is 4.90. The van der Waals surface area contributed by atoms with Crippen LogP contribution in [0.2, 0.25) is 0 Å². The fourth-order valence-electron chi connectivity index (χ4n) is 3.50. The molecule has 0 spiro atoms. The zero-order valence-corrected chi connectivity index (χ0v) is 17.6. The Morgan fingerprint density at radius 1 is 1.13 bits per heavy atom. The third-order valence-corrected chi connectivity index (χ3v) is 4.90. The van der Waals surface area contributed by atoms with Gasteiger partial charge in [0.05, 0.1) is 5.52 Å². The van der Waals surface area contributed by atoms with Crippen molar-refractivity contribution in [1.82, 2.24) is 15.6 Å². The first-order chi connectivity index (χ1) is 13.9. The summed E-state index contributed by atoms with van der Waals surface area (Å²) in [5.74, 6) is -2.55. The van der Waals surface area contributed by atoms with Crippen molar-refractivity contribution < 1.29 is 43.8 Å². The SMILES string of the molecule is O=C(CCc1c(-c2ccc(F)cc2)[nH]c2c(F)cc(F)cc12)N[C@H]1[CH-]CNC1=O.[Mo]. The number of nitrogens with one attached hydrogen (secondary N) is 3. The quantitative estimate of drug-likeness (QED) is 0.376. The molecule has 0 radical (unpaired) electrons. The van der Waals surface area contributed by atoms with Gasteiger partial charge in [-0.05, 0) is 53.9 Å². The van der Waals surface area contributed by atoms with Gasteiger partial charge in [0.25, 0.3) is 0 Å². The Morgan fingerprint density at radius 3 is 2.53 bits per heavy atom. The predicted molar refractivity (Wildman–Crippen MR) is 101 cm³/mol. The van der Waals surface area contributed by atoms with E-state index in [1.807, 2.05) is 0 Å². The maximum absolute atomic E-state index is 14.3. The Kier molecular flexibility index (Phi) is 6.66. The summed E-state index contributed by atoms with van der Waals surface area (Å²) in [6.07, 6.45) is 1.84. The summed E-state index contributed by atoms with van der Waals surface area (Å²) in [5, 5.41) is 5.52. The van der Waals surface area contributed by atoms with Gasteiger partial charge >= 0.3 is 0 Å². The second kappa shape index (κ2) is 9.04. The van der Waals surface area contributed by atoms with Gasteiger partial charge in [0.1, 0.15) is 17.5 Å². The molecule has 5 nitrogen and oxygen atoms in total. The van der Waals surface area contributed by atoms with E-state index in [2.05, 4.69) is 15.6 Å². The summed E-state index contributed by atoms with van der Waals surface area (Å²) in [6.45, 7) is 0.388. The van der Waals surface area contributed by atoms with Crippen molar-refractivity contribution >= 4 is 22.7 Å². The average molecular weight is 496 g/mol. The minimum Gasteiger partial charge on any atom is -0.386 e. The Morgan fingerprint density at radius 2 is 1.87 bits per heavy atom. The van der Waals surface area contributed by atoms with Crippen molar-refractivity contribution in [3.05, 3.63) is 65.8 Å². The molecule has 2 heterocycles. The van der Waals surface area contributed by atoms with Gasteiger partial charge in [-0.15, -0.1) is 6.54 Å². The molecule has 2 aromatic carbocycles. The summed E-state index contributed by atoms with van der Waals surface area (Å²) in [4.78, 5) is 26.8. The molecular weight excluding hydrogens is 479 g/mol. The molecule has 1 saturated heterocycles. The molecule has 30 heavy (non-hydrogen) atoms. The molecule has 1 aromatic heterocycles. The molecule has 2 amide bonds. The third kappa shape index (κ3) is 4.43. The standard InChI is InChI=1S/C21H17F3N3O2.Mo/c22-12-3-1-11(2-4-12)19-14(15-9-13(23)10-16(24)20(15)27-19)5-6-18(28)26-17-7-8-25-21(17)29;/h1-4,7,9-10,17,27H,5-6,8H2,(H,25,29)(H,26,28);/q-1;/t17-;/m0./s1. The van der Waals surface area contributed by atoms with Crippen LogP contribution < -0.4 is 10.6 Å². The summed E-state index contributed by atoms with van der Waals surface area (Å²) in [5.41, 5.74) is 1.73. The number of aromatic amines is 1. The van der Waals surface area contributed by atoms with E-state index in [9.17, 15) is 22.8 Å². The van der Waals surface area contributed by atoms with Crippen LogP contribution in [-0.2, 0) is 37.1 Å². The van der Waals surface area contributed by atoms with Crippen molar-refractivity contribution in [2.45, 2.75) is 18.9 Å². The molecule has 1 atom stereocenters. The molecule has 1 fully saturated rings. The Hall–Kier alpha value is -2.60. The summed E-state index contributed by atoms with van der Waals surface area (Å²) >= 11 is 0. The first-order valence-corrected chi connectivity index (χ1v) is 9.08. The van der Waals surface area contributed by atoms with Crippen LogP contribution >= 0.6 is 0 Å². The van der Waals surface area contributed by atoms with Gasteiger partial charge in [0, 0.05) is 44.6 Å². The number of aromatic nitrogens is 1. The molecule has 3 aromatic rings. The minimum atomic E-state index is -0.753. The molecular formula is C21H17F3MoN3O2-. The monoisotopic (exact) mass is 498 g/mol. The molecule has 1 aliphatic rings. The predicted octanol–water partition coefficient (Wildman–Crippen LogP) is 3.00. The van der Waals surface area contributed by atoms with Crippen LogP contribution in [-0.4, -0.2) is 29.4 Å². The van der Waals surface area contributed by atoms with E-state index in [0.717, 1.165) is 6.07 Å². The molecule has 156 valence electrons. The van der Waals surface area contributed by atoms with Crippen molar-refractivity contribution in [2.24, 2.45) is 0 Å². The van der Waals surface area contributed by atoms with Gasteiger partial charge in [-0.25, -0.2) is 13.2 Å². The van der Waals surface area contributed by atoms with Crippen molar-refractivity contribution in [2.75, 3.05) is 6.54 Å². The molecule has 1 aliphatic heterocycles. The largest absolute Gasteiger partial charge is 0.386 e. The van der Waals surface area contributed by atoms with E-state index < -0.39 is 23.5 Å². The van der Waals surface area contributed by atoms with E-state index in [1.54, 1.807) is 6.42 Å². The van der Waals surface area contributed by atoms with E-state index in [-0.39, 0.29) is 51.2 Å². The number of benzene rings is 2. The second-order valence-electron chi connectivity index (χ2n) is 6.82. The van der Waals surface area contributed by atoms with Crippen LogP contribution in [0.15, 0.2) is 36.4 Å². The van der Waals surface area contributed by atoms with Crippen molar-refractivity contribution in [3.63, 3.8) is 0 Å². The van der Waals surface area contributed by atoms with E-state index in [0.29, 0.717) is 28.8 Å². The van der Waals surface area contributed by atoms with Crippen LogP contribution in [0, 0.1) is 23.9 Å². The van der Waals surface area contributed by atoms with Gasteiger partial charge < -0.3 is 15.6 Å². The Labute approximate surface area is 184 Å². The Balaban J connectivity index is 0.00000256. The number of amides is 2. The van der Waals surface area contributed by atoms with Crippen LogP contribution in [0.1, 0.15) is 12.0 Å². The second-order valence-corrected chi connectivity index (χ2v) is 6.82. The number of carbonyl (C=O) groups excluding carboxylic acids is 2. The number of rotatable bonds is 5. The molecule has 4 rings (SSSR count). The van der Waals surface area contributed by atoms with E-state index in [1.165, 1.54) is 30.3 Å². The van der Waals surface area contributed by atoms with Gasteiger partial charge in [-0.3, -0.25) is 16.0 Å². The zero-order valence-electron chi connectivity index (χ0n) is 15.6. The van der Waals surface area contributed by atoms with Gasteiger partial charge in [-0.1, -0.05) is 0 Å². The number of hydrogen-bond donors (Lipinski definition) is 3. The molecule has 3 N–H and O–H groups in total. The van der Waals surface area contributed by atoms with E-state index in [4.69, 9.17) is 0 Å². The fourth-order valence-corrected chi connectivity index (χ4v) is 3.50. The van der Waals surface area contributed by atoms with Crippen LogP contribution in [0.3, 0.4) is 0 Å². The Bertz CT molecular complexity index is 1100. The maximum Gasteiger partial charge on any atom is 0.218 e. The average Bonchev–Trinajstić information content (AvgIpc) is 3.24. The molecule has 0 aliphatic carbocycles. The summed E-state index contributed by atoms with van der Waals surface area (Å²) in [6, 6.07) is 6.87. The van der Waals surface area contributed by atoms with Gasteiger partial charge in [0.2, 0.25) is 11.8 Å². The number of halogens is 3. The number of aryl methyl sites for hydroxylation is 1. The molecule has 0 saturated carbocycles. The van der Waals surface area contributed by atoms with Crippen LogP contribution in [0.25, 0.3) is 22.2 Å². The van der Waals surface area contributed by atoms with Crippen LogP contribution in [0.5, 0.6) is 0 Å².